The minimum Gasteiger partial charge on any atom is -0.372 e. The topological polar surface area (TPSA) is 42.4 Å². The standard InChI is InChI=1S/C16H20N2O2S/c1-11(20-2)16(19)18-10-6-5-8-13(18)15-17-12-7-3-4-9-14(12)21-15/h3-4,7,9,11,13H,5-6,8,10H2,1-2H3. The van der Waals surface area contributed by atoms with Crippen molar-refractivity contribution in [2.24, 2.45) is 0 Å². The molecular weight excluding hydrogens is 284 g/mol. The largest absolute Gasteiger partial charge is 0.372 e. The van der Waals surface area contributed by atoms with Crippen LogP contribution in [0.25, 0.3) is 10.2 Å². The summed E-state index contributed by atoms with van der Waals surface area (Å²) in [6.45, 7) is 2.61. The highest BCUT2D eigenvalue weighted by molar-refractivity contribution is 7.18. The van der Waals surface area contributed by atoms with Gasteiger partial charge in [-0.25, -0.2) is 4.98 Å². The Kier molecular flexibility index (Phi) is 4.22. The van der Waals surface area contributed by atoms with Crippen LogP contribution in [-0.2, 0) is 9.53 Å². The molecule has 1 aromatic carbocycles. The highest BCUT2D eigenvalue weighted by atomic mass is 32.1. The number of methoxy groups -OCH3 is 1. The number of piperidine rings is 1. The average Bonchev–Trinajstić information content (AvgIpc) is 2.97. The summed E-state index contributed by atoms with van der Waals surface area (Å²) < 4.78 is 6.39. The fraction of sp³-hybridized carbons (Fsp3) is 0.500. The van der Waals surface area contributed by atoms with Crippen molar-refractivity contribution in [3.63, 3.8) is 0 Å². The zero-order valence-electron chi connectivity index (χ0n) is 12.4. The Hall–Kier alpha value is -1.46. The number of likely N-dealkylation sites (tertiary alicyclic amines) is 1. The number of nitrogens with zero attached hydrogens (tertiary/aromatic N) is 2. The lowest BCUT2D eigenvalue weighted by Crippen LogP contribution is -2.43. The van der Waals surface area contributed by atoms with Gasteiger partial charge in [0.1, 0.15) is 11.1 Å². The minimum absolute atomic E-state index is 0.0708. The van der Waals surface area contributed by atoms with E-state index in [1.54, 1.807) is 18.4 Å². The van der Waals surface area contributed by atoms with E-state index in [0.717, 1.165) is 36.3 Å². The predicted molar refractivity (Wildman–Crippen MR) is 84.4 cm³/mol. The van der Waals surface area contributed by atoms with Gasteiger partial charge < -0.3 is 9.64 Å². The summed E-state index contributed by atoms with van der Waals surface area (Å²) in [5, 5.41) is 1.05. The van der Waals surface area contributed by atoms with Gasteiger partial charge in [0, 0.05) is 13.7 Å². The van der Waals surface area contributed by atoms with Gasteiger partial charge in [0.25, 0.3) is 5.91 Å². The molecule has 1 aliphatic heterocycles. The second kappa shape index (κ2) is 6.12. The lowest BCUT2D eigenvalue weighted by molar-refractivity contribution is -0.145. The first kappa shape index (κ1) is 14.5. The molecule has 2 aromatic rings. The van der Waals surface area contributed by atoms with Crippen LogP contribution in [0.4, 0.5) is 0 Å². The summed E-state index contributed by atoms with van der Waals surface area (Å²) in [6, 6.07) is 8.25. The molecule has 112 valence electrons. The first-order chi connectivity index (χ1) is 10.2. The molecule has 0 N–H and O–H groups in total. The van der Waals surface area contributed by atoms with Gasteiger partial charge in [-0.1, -0.05) is 12.1 Å². The average molecular weight is 304 g/mol. The molecule has 1 fully saturated rings. The number of hydrogen-bond acceptors (Lipinski definition) is 4. The third-order valence-electron chi connectivity index (χ3n) is 4.08. The van der Waals surface area contributed by atoms with E-state index >= 15 is 0 Å². The third-order valence-corrected chi connectivity index (χ3v) is 5.22. The summed E-state index contributed by atoms with van der Waals surface area (Å²) in [6.07, 6.45) is 2.80. The molecule has 0 saturated carbocycles. The number of para-hydroxylation sites is 1. The number of thiazole rings is 1. The molecule has 3 rings (SSSR count). The molecule has 5 heteroatoms. The first-order valence-electron chi connectivity index (χ1n) is 7.39. The van der Waals surface area contributed by atoms with Gasteiger partial charge in [-0.15, -0.1) is 11.3 Å². The van der Waals surface area contributed by atoms with Crippen LogP contribution in [0, 0.1) is 0 Å². The third kappa shape index (κ3) is 2.80. The minimum atomic E-state index is -0.389. The zero-order chi connectivity index (χ0) is 14.8. The van der Waals surface area contributed by atoms with E-state index in [2.05, 4.69) is 6.07 Å². The van der Waals surface area contributed by atoms with E-state index in [0.29, 0.717) is 0 Å². The summed E-state index contributed by atoms with van der Waals surface area (Å²) in [7, 11) is 1.58. The molecular formula is C16H20N2O2S. The molecule has 0 radical (unpaired) electrons. The number of fused-ring (bicyclic) bond motifs is 1. The molecule has 2 atom stereocenters. The molecule has 0 spiro atoms. The van der Waals surface area contributed by atoms with Gasteiger partial charge >= 0.3 is 0 Å². The fourth-order valence-corrected chi connectivity index (χ4v) is 3.93. The fourth-order valence-electron chi connectivity index (χ4n) is 2.82. The number of carbonyl (C=O) groups is 1. The van der Waals surface area contributed by atoms with Crippen LogP contribution in [0.2, 0.25) is 0 Å². The molecule has 2 unspecified atom stereocenters. The molecule has 2 heterocycles. The van der Waals surface area contributed by atoms with Crippen molar-refractivity contribution < 1.29 is 9.53 Å². The Labute approximate surface area is 128 Å². The summed E-state index contributed by atoms with van der Waals surface area (Å²) >= 11 is 1.70. The van der Waals surface area contributed by atoms with Gasteiger partial charge in [-0.05, 0) is 38.3 Å². The number of amides is 1. The number of aromatic nitrogens is 1. The van der Waals surface area contributed by atoms with Crippen molar-refractivity contribution in [3.05, 3.63) is 29.3 Å². The van der Waals surface area contributed by atoms with Crippen LogP contribution in [-0.4, -0.2) is 35.5 Å². The van der Waals surface area contributed by atoms with Gasteiger partial charge in [0.05, 0.1) is 16.3 Å². The van der Waals surface area contributed by atoms with Crippen LogP contribution in [0.5, 0.6) is 0 Å². The molecule has 1 aromatic heterocycles. The van der Waals surface area contributed by atoms with E-state index in [1.165, 1.54) is 4.70 Å². The summed E-state index contributed by atoms with van der Waals surface area (Å²) in [5.74, 6) is 0.0708. The van der Waals surface area contributed by atoms with Crippen LogP contribution in [0.1, 0.15) is 37.2 Å². The van der Waals surface area contributed by atoms with Crippen molar-refractivity contribution in [1.82, 2.24) is 9.88 Å². The van der Waals surface area contributed by atoms with E-state index in [1.807, 2.05) is 30.0 Å². The smallest absolute Gasteiger partial charge is 0.251 e. The lowest BCUT2D eigenvalue weighted by Gasteiger charge is -2.35. The second-order valence-corrected chi connectivity index (χ2v) is 6.50. The first-order valence-corrected chi connectivity index (χ1v) is 8.21. The molecule has 1 amide bonds. The predicted octanol–water partition coefficient (Wildman–Crippen LogP) is 3.38. The Morgan fingerprint density at radius 1 is 1.43 bits per heavy atom. The SMILES string of the molecule is COC(C)C(=O)N1CCCCC1c1nc2ccccc2s1. The van der Waals surface area contributed by atoms with Crippen molar-refractivity contribution in [3.8, 4) is 0 Å². The summed E-state index contributed by atoms with van der Waals surface area (Å²) in [4.78, 5) is 19.2. The summed E-state index contributed by atoms with van der Waals surface area (Å²) in [5.41, 5.74) is 1.02. The van der Waals surface area contributed by atoms with Crippen LogP contribution in [0.3, 0.4) is 0 Å². The maximum absolute atomic E-state index is 12.5. The van der Waals surface area contributed by atoms with E-state index in [-0.39, 0.29) is 18.1 Å². The van der Waals surface area contributed by atoms with Crippen LogP contribution >= 0.6 is 11.3 Å². The monoisotopic (exact) mass is 304 g/mol. The molecule has 1 saturated heterocycles. The highest BCUT2D eigenvalue weighted by Gasteiger charge is 2.32. The molecule has 1 aliphatic rings. The van der Waals surface area contributed by atoms with Crippen molar-refractivity contribution in [1.29, 1.82) is 0 Å². The maximum atomic E-state index is 12.5. The van der Waals surface area contributed by atoms with Gasteiger partial charge in [0.15, 0.2) is 0 Å². The van der Waals surface area contributed by atoms with Crippen molar-refractivity contribution in [2.75, 3.05) is 13.7 Å². The van der Waals surface area contributed by atoms with E-state index < -0.39 is 0 Å². The van der Waals surface area contributed by atoms with Crippen LogP contribution in [0.15, 0.2) is 24.3 Å². The Morgan fingerprint density at radius 2 is 2.24 bits per heavy atom. The molecule has 0 aliphatic carbocycles. The van der Waals surface area contributed by atoms with E-state index in [4.69, 9.17) is 9.72 Å². The maximum Gasteiger partial charge on any atom is 0.251 e. The quantitative estimate of drug-likeness (QED) is 0.873. The van der Waals surface area contributed by atoms with Crippen LogP contribution < -0.4 is 0 Å². The molecule has 21 heavy (non-hydrogen) atoms. The number of rotatable bonds is 3. The number of ether oxygens (including phenoxy) is 1. The Balaban J connectivity index is 1.91. The lowest BCUT2D eigenvalue weighted by atomic mass is 10.0. The molecule has 4 nitrogen and oxygen atoms in total. The van der Waals surface area contributed by atoms with Gasteiger partial charge in [-0.3, -0.25) is 4.79 Å². The van der Waals surface area contributed by atoms with E-state index in [9.17, 15) is 4.79 Å². The van der Waals surface area contributed by atoms with Gasteiger partial charge in [-0.2, -0.15) is 0 Å². The molecule has 0 bridgehead atoms. The van der Waals surface area contributed by atoms with Crippen molar-refractivity contribution >= 4 is 27.5 Å². The van der Waals surface area contributed by atoms with Crippen molar-refractivity contribution in [2.45, 2.75) is 38.3 Å². The zero-order valence-corrected chi connectivity index (χ0v) is 13.2. The number of hydrogen-bond donors (Lipinski definition) is 0. The number of carbonyl (C=O) groups excluding carboxylic acids is 1. The highest BCUT2D eigenvalue weighted by Crippen LogP contribution is 2.35. The normalized spacial score (nSPS) is 20.7. The second-order valence-electron chi connectivity index (χ2n) is 5.44. The Morgan fingerprint density at radius 3 is 3.00 bits per heavy atom. The Bertz CT molecular complexity index is 607. The van der Waals surface area contributed by atoms with Gasteiger partial charge in [0.2, 0.25) is 0 Å². The number of benzene rings is 1.